The number of nitro groups is 1. The first-order valence-corrected chi connectivity index (χ1v) is 9.87. The summed E-state index contributed by atoms with van der Waals surface area (Å²) in [6.45, 7) is 6.83. The van der Waals surface area contributed by atoms with Crippen LogP contribution >= 0.6 is 0 Å². The number of carbonyl (C=O) groups is 2. The second-order valence-corrected chi connectivity index (χ2v) is 7.14. The third kappa shape index (κ3) is 5.43. The van der Waals surface area contributed by atoms with Crippen LogP contribution in [0.2, 0.25) is 0 Å². The van der Waals surface area contributed by atoms with E-state index in [9.17, 15) is 19.7 Å². The molecule has 1 amide bonds. The van der Waals surface area contributed by atoms with E-state index < -0.39 is 17.5 Å². The van der Waals surface area contributed by atoms with Crippen molar-refractivity contribution >= 4 is 23.3 Å². The van der Waals surface area contributed by atoms with E-state index in [-0.39, 0.29) is 23.2 Å². The van der Waals surface area contributed by atoms with E-state index in [0.717, 1.165) is 19.3 Å². The molecule has 0 saturated heterocycles. The third-order valence-electron chi connectivity index (χ3n) is 5.31. The van der Waals surface area contributed by atoms with Gasteiger partial charge in [-0.1, -0.05) is 19.8 Å². The lowest BCUT2D eigenvalue weighted by atomic mass is 9.86. The number of esters is 1. The fourth-order valence-electron chi connectivity index (χ4n) is 3.63. The Morgan fingerprint density at radius 2 is 1.93 bits per heavy atom. The number of nitro benzene ring substituents is 1. The van der Waals surface area contributed by atoms with Crippen molar-refractivity contribution in [1.82, 2.24) is 5.32 Å². The number of non-ortho nitro benzene ring substituents is 1. The van der Waals surface area contributed by atoms with Crippen molar-refractivity contribution in [2.45, 2.75) is 52.5 Å². The zero-order valence-corrected chi connectivity index (χ0v) is 16.8. The number of carbonyl (C=O) groups excluding carboxylic acids is 2. The number of benzene rings is 1. The summed E-state index contributed by atoms with van der Waals surface area (Å²) in [5.41, 5.74) is 0.460. The first-order valence-electron chi connectivity index (χ1n) is 9.87. The van der Waals surface area contributed by atoms with Crippen LogP contribution in [0.4, 0.5) is 11.4 Å². The van der Waals surface area contributed by atoms with Crippen LogP contribution in [-0.4, -0.2) is 42.5 Å². The van der Waals surface area contributed by atoms with Gasteiger partial charge in [-0.3, -0.25) is 14.9 Å². The molecule has 0 heterocycles. The van der Waals surface area contributed by atoms with E-state index >= 15 is 0 Å². The molecule has 2 atom stereocenters. The van der Waals surface area contributed by atoms with Crippen molar-refractivity contribution in [3.8, 4) is 0 Å². The van der Waals surface area contributed by atoms with Crippen LogP contribution in [0.3, 0.4) is 0 Å². The summed E-state index contributed by atoms with van der Waals surface area (Å²) in [6.07, 6.45) is 4.25. The number of hydrogen-bond donors (Lipinski definition) is 1. The molecule has 154 valence electrons. The summed E-state index contributed by atoms with van der Waals surface area (Å²) in [5, 5.41) is 14.0. The SMILES string of the molecule is CCN(CC)c1ccc([N+](=O)[O-])cc1C(=O)OCC(=O)NC1CCCCC1C. The van der Waals surface area contributed by atoms with Gasteiger partial charge in [-0.2, -0.15) is 0 Å². The first-order chi connectivity index (χ1) is 13.4. The Kier molecular flexibility index (Phi) is 7.78. The zero-order chi connectivity index (χ0) is 20.7. The van der Waals surface area contributed by atoms with Crippen molar-refractivity contribution in [3.63, 3.8) is 0 Å². The molecule has 0 aromatic heterocycles. The molecule has 0 spiro atoms. The molecule has 8 heteroatoms. The number of hydrogen-bond acceptors (Lipinski definition) is 6. The lowest BCUT2D eigenvalue weighted by Gasteiger charge is -2.29. The minimum absolute atomic E-state index is 0.0942. The van der Waals surface area contributed by atoms with Crippen LogP contribution in [0.15, 0.2) is 18.2 Å². The maximum Gasteiger partial charge on any atom is 0.341 e. The summed E-state index contributed by atoms with van der Waals surface area (Å²) in [5.74, 6) is -0.682. The van der Waals surface area contributed by atoms with Crippen molar-refractivity contribution < 1.29 is 19.2 Å². The molecule has 2 rings (SSSR count). The Morgan fingerprint density at radius 3 is 2.54 bits per heavy atom. The van der Waals surface area contributed by atoms with Crippen LogP contribution in [0.5, 0.6) is 0 Å². The lowest BCUT2D eigenvalue weighted by Crippen LogP contribution is -2.42. The highest BCUT2D eigenvalue weighted by molar-refractivity contribution is 5.97. The van der Waals surface area contributed by atoms with Crippen molar-refractivity contribution in [3.05, 3.63) is 33.9 Å². The molecule has 1 fully saturated rings. The maximum absolute atomic E-state index is 12.6. The Labute approximate surface area is 165 Å². The monoisotopic (exact) mass is 391 g/mol. The van der Waals surface area contributed by atoms with Crippen molar-refractivity contribution in [1.29, 1.82) is 0 Å². The molecule has 0 radical (unpaired) electrons. The van der Waals surface area contributed by atoms with Gasteiger partial charge in [0.2, 0.25) is 0 Å². The zero-order valence-electron chi connectivity index (χ0n) is 16.8. The summed E-state index contributed by atoms with van der Waals surface area (Å²) >= 11 is 0. The van der Waals surface area contributed by atoms with Crippen LogP contribution in [-0.2, 0) is 9.53 Å². The molecule has 0 bridgehead atoms. The predicted octanol–water partition coefficient (Wildman–Crippen LogP) is 3.29. The van der Waals surface area contributed by atoms with Gasteiger partial charge in [-0.25, -0.2) is 4.79 Å². The smallest absolute Gasteiger partial charge is 0.341 e. The van der Waals surface area contributed by atoms with Gasteiger partial charge in [-0.05, 0) is 38.7 Å². The third-order valence-corrected chi connectivity index (χ3v) is 5.31. The first kappa shape index (κ1) is 21.7. The van der Waals surface area contributed by atoms with Gasteiger partial charge in [0, 0.05) is 31.3 Å². The summed E-state index contributed by atoms with van der Waals surface area (Å²) in [4.78, 5) is 37.2. The average Bonchev–Trinajstić information content (AvgIpc) is 2.69. The van der Waals surface area contributed by atoms with E-state index in [4.69, 9.17) is 4.74 Å². The van der Waals surface area contributed by atoms with Crippen LogP contribution in [0.25, 0.3) is 0 Å². The number of amides is 1. The molecular weight excluding hydrogens is 362 g/mol. The predicted molar refractivity (Wildman–Crippen MR) is 107 cm³/mol. The number of anilines is 1. The van der Waals surface area contributed by atoms with E-state index in [1.165, 1.54) is 18.6 Å². The molecular formula is C20H29N3O5. The van der Waals surface area contributed by atoms with Gasteiger partial charge in [0.1, 0.15) is 0 Å². The van der Waals surface area contributed by atoms with Crippen molar-refractivity contribution in [2.24, 2.45) is 5.92 Å². The molecule has 1 aliphatic carbocycles. The van der Waals surface area contributed by atoms with E-state index in [2.05, 4.69) is 12.2 Å². The van der Waals surface area contributed by atoms with E-state index in [1.54, 1.807) is 6.07 Å². The number of nitrogens with zero attached hydrogens (tertiary/aromatic N) is 2. The fraction of sp³-hybridized carbons (Fsp3) is 0.600. The van der Waals surface area contributed by atoms with Crippen LogP contribution in [0, 0.1) is 16.0 Å². The van der Waals surface area contributed by atoms with Gasteiger partial charge < -0.3 is 15.0 Å². The normalized spacial score (nSPS) is 19.0. The Morgan fingerprint density at radius 1 is 1.25 bits per heavy atom. The minimum atomic E-state index is -0.738. The van der Waals surface area contributed by atoms with Gasteiger partial charge in [0.25, 0.3) is 11.6 Å². The highest BCUT2D eigenvalue weighted by atomic mass is 16.6. The molecule has 0 aliphatic heterocycles. The number of rotatable bonds is 8. The highest BCUT2D eigenvalue weighted by Gasteiger charge is 2.24. The quantitative estimate of drug-likeness (QED) is 0.414. The largest absolute Gasteiger partial charge is 0.452 e. The van der Waals surface area contributed by atoms with Gasteiger partial charge in [-0.15, -0.1) is 0 Å². The maximum atomic E-state index is 12.6. The van der Waals surface area contributed by atoms with Crippen LogP contribution < -0.4 is 10.2 Å². The summed E-state index contributed by atoms with van der Waals surface area (Å²) in [7, 11) is 0. The molecule has 8 nitrogen and oxygen atoms in total. The second kappa shape index (κ2) is 10.1. The molecule has 1 aromatic rings. The van der Waals surface area contributed by atoms with E-state index in [1.807, 2.05) is 18.7 Å². The topological polar surface area (TPSA) is 102 Å². The average molecular weight is 391 g/mol. The van der Waals surface area contributed by atoms with Crippen molar-refractivity contribution in [2.75, 3.05) is 24.6 Å². The van der Waals surface area contributed by atoms with Crippen LogP contribution in [0.1, 0.15) is 56.8 Å². The van der Waals surface area contributed by atoms with Gasteiger partial charge in [0.15, 0.2) is 6.61 Å². The summed E-state index contributed by atoms with van der Waals surface area (Å²) < 4.78 is 5.18. The number of ether oxygens (including phenoxy) is 1. The Bertz CT molecular complexity index is 718. The molecule has 1 N–H and O–H groups in total. The van der Waals surface area contributed by atoms with E-state index in [0.29, 0.717) is 24.7 Å². The summed E-state index contributed by atoms with van der Waals surface area (Å²) in [6, 6.07) is 4.22. The number of nitrogens with one attached hydrogen (secondary N) is 1. The Hall–Kier alpha value is -2.64. The minimum Gasteiger partial charge on any atom is -0.452 e. The van der Waals surface area contributed by atoms with Gasteiger partial charge >= 0.3 is 5.97 Å². The Balaban J connectivity index is 2.08. The fourth-order valence-corrected chi connectivity index (χ4v) is 3.63. The molecule has 1 aliphatic rings. The highest BCUT2D eigenvalue weighted by Crippen LogP contribution is 2.26. The molecule has 28 heavy (non-hydrogen) atoms. The molecule has 1 saturated carbocycles. The standard InChI is InChI=1S/C20H29N3O5/c1-4-22(5-2)18-11-10-15(23(26)27)12-16(18)20(25)28-13-19(24)21-17-9-7-6-8-14(17)3/h10-12,14,17H,4-9,13H2,1-3H3,(H,21,24). The second-order valence-electron chi connectivity index (χ2n) is 7.14. The molecule has 2 unspecified atom stereocenters. The molecule has 1 aromatic carbocycles. The lowest BCUT2D eigenvalue weighted by molar-refractivity contribution is -0.384. The van der Waals surface area contributed by atoms with Gasteiger partial charge in [0.05, 0.1) is 16.2 Å².